The Balaban J connectivity index is 2.53. The molecule has 8 heavy (non-hydrogen) atoms. The molecule has 0 aliphatic carbocycles. The van der Waals surface area contributed by atoms with Crippen LogP contribution in [0.1, 0.15) is 32.6 Å². The molecule has 0 N–H and O–H groups in total. The molecule has 0 atom stereocenters. The molecule has 0 amide bonds. The Morgan fingerprint density at radius 2 is 1.88 bits per heavy atom. The van der Waals surface area contributed by atoms with Gasteiger partial charge in [0, 0.05) is 0 Å². The Morgan fingerprint density at radius 3 is 2.38 bits per heavy atom. The molecule has 0 saturated carbocycles. The van der Waals surface area contributed by atoms with Gasteiger partial charge in [-0.05, 0) is 0 Å². The Kier molecular flexibility index (Phi) is 8.03. The monoisotopic (exact) mass is 128 g/mol. The molecule has 0 aliphatic heterocycles. The summed E-state index contributed by atoms with van der Waals surface area (Å²) in [4.78, 5) is 0. The second-order valence-electron chi connectivity index (χ2n) is 2.41. The predicted octanol–water partition coefficient (Wildman–Crippen LogP) is 2.47. The molecule has 48 valence electrons. The minimum absolute atomic E-state index is 0.386. The van der Waals surface area contributed by atoms with Crippen molar-refractivity contribution >= 4 is 15.2 Å². The Hall–Kier alpha value is 0.532. The van der Waals surface area contributed by atoms with E-state index in [-0.39, 0.29) is 0 Å². The van der Waals surface area contributed by atoms with E-state index in [1.165, 1.54) is 25.7 Å². The summed E-state index contributed by atoms with van der Waals surface area (Å²) in [7, 11) is 0. The van der Waals surface area contributed by atoms with Crippen molar-refractivity contribution < 1.29 is 0 Å². The molecule has 0 heterocycles. The first-order valence-electron chi connectivity index (χ1n) is 3.91. The maximum absolute atomic E-state index is 2.39. The predicted molar refractivity (Wildman–Crippen MR) is 42.0 cm³/mol. The van der Waals surface area contributed by atoms with Crippen LogP contribution < -0.4 is 0 Å². The van der Waals surface area contributed by atoms with Gasteiger partial charge in [0.15, 0.2) is 0 Å². The molecule has 0 aliphatic rings. The SMILES string of the molecule is CCCCC[CH2][AlH][CH3]. The van der Waals surface area contributed by atoms with Crippen molar-refractivity contribution in [1.82, 2.24) is 0 Å². The molecule has 0 bridgehead atoms. The summed E-state index contributed by atoms with van der Waals surface area (Å²) >= 11 is 0.386. The number of rotatable bonds is 5. The van der Waals surface area contributed by atoms with E-state index >= 15 is 0 Å². The summed E-state index contributed by atoms with van der Waals surface area (Å²) in [5, 5.41) is 1.57. The lowest BCUT2D eigenvalue weighted by atomic mass is 10.2. The third-order valence-corrected chi connectivity index (χ3v) is 2.66. The lowest BCUT2D eigenvalue weighted by Crippen LogP contribution is -1.80. The van der Waals surface area contributed by atoms with Crippen molar-refractivity contribution in [2.24, 2.45) is 0 Å². The molecule has 0 aromatic heterocycles. The molecule has 0 aromatic carbocycles. The fourth-order valence-electron chi connectivity index (χ4n) is 0.854. The highest BCUT2D eigenvalue weighted by Gasteiger charge is 1.85. The fourth-order valence-corrected chi connectivity index (χ4v) is 1.71. The van der Waals surface area contributed by atoms with Gasteiger partial charge < -0.3 is 0 Å². The van der Waals surface area contributed by atoms with Gasteiger partial charge in [0.1, 0.15) is 0 Å². The minimum Gasteiger partial charge on any atom is -0.109 e. The summed E-state index contributed by atoms with van der Waals surface area (Å²) in [6.45, 7) is 2.27. The van der Waals surface area contributed by atoms with Crippen molar-refractivity contribution in [2.45, 2.75) is 43.7 Å². The molecular formula is C7H17Al. The highest BCUT2D eigenvalue weighted by Crippen LogP contribution is 2.01. The summed E-state index contributed by atoms with van der Waals surface area (Å²) in [5.74, 6) is 2.39. The molecular weight excluding hydrogens is 111 g/mol. The lowest BCUT2D eigenvalue weighted by molar-refractivity contribution is 0.700. The van der Waals surface area contributed by atoms with Crippen LogP contribution in [-0.2, 0) is 0 Å². The molecule has 0 aromatic rings. The van der Waals surface area contributed by atoms with Crippen molar-refractivity contribution in [3.63, 3.8) is 0 Å². The molecule has 0 radical (unpaired) electrons. The van der Waals surface area contributed by atoms with E-state index in [0.717, 1.165) is 0 Å². The molecule has 0 fully saturated rings. The molecule has 0 unspecified atom stereocenters. The van der Waals surface area contributed by atoms with Gasteiger partial charge in [-0.25, -0.2) is 0 Å². The third-order valence-electron chi connectivity index (χ3n) is 1.46. The summed E-state index contributed by atoms with van der Waals surface area (Å²) in [5.41, 5.74) is 0. The zero-order valence-electron chi connectivity index (χ0n) is 6.24. The Bertz CT molecular complexity index is 29.4. The van der Waals surface area contributed by atoms with Crippen molar-refractivity contribution in [3.8, 4) is 0 Å². The van der Waals surface area contributed by atoms with Gasteiger partial charge in [-0.3, -0.25) is 0 Å². The van der Waals surface area contributed by atoms with Crippen LogP contribution in [0, 0.1) is 0 Å². The highest BCUT2D eigenvalue weighted by atomic mass is 27.1. The second kappa shape index (κ2) is 7.53. The van der Waals surface area contributed by atoms with Gasteiger partial charge in [-0.1, -0.05) is 37.9 Å². The van der Waals surface area contributed by atoms with E-state index in [9.17, 15) is 0 Å². The lowest BCUT2D eigenvalue weighted by Gasteiger charge is -1.92. The van der Waals surface area contributed by atoms with Crippen molar-refractivity contribution in [1.29, 1.82) is 0 Å². The van der Waals surface area contributed by atoms with Crippen LogP contribution in [0.15, 0.2) is 0 Å². The topological polar surface area (TPSA) is 0 Å². The van der Waals surface area contributed by atoms with E-state index in [4.69, 9.17) is 0 Å². The van der Waals surface area contributed by atoms with Crippen molar-refractivity contribution in [3.05, 3.63) is 0 Å². The normalized spacial score (nSPS) is 9.25. The first-order chi connectivity index (χ1) is 3.91. The molecule has 0 saturated heterocycles. The van der Waals surface area contributed by atoms with Crippen LogP contribution in [0.5, 0.6) is 0 Å². The van der Waals surface area contributed by atoms with Gasteiger partial charge in [0.05, 0.1) is 0 Å². The molecule has 0 spiro atoms. The van der Waals surface area contributed by atoms with E-state index in [1.54, 1.807) is 5.28 Å². The van der Waals surface area contributed by atoms with Gasteiger partial charge in [0.25, 0.3) is 0 Å². The van der Waals surface area contributed by atoms with E-state index in [2.05, 4.69) is 12.7 Å². The van der Waals surface area contributed by atoms with Crippen LogP contribution in [0.4, 0.5) is 0 Å². The molecule has 0 rings (SSSR count). The first-order valence-corrected chi connectivity index (χ1v) is 6.33. The Morgan fingerprint density at radius 1 is 1.12 bits per heavy atom. The van der Waals surface area contributed by atoms with Crippen molar-refractivity contribution in [2.75, 3.05) is 0 Å². The highest BCUT2D eigenvalue weighted by molar-refractivity contribution is 6.33. The van der Waals surface area contributed by atoms with Gasteiger partial charge in [0.2, 0.25) is 15.2 Å². The Labute approximate surface area is 59.4 Å². The van der Waals surface area contributed by atoms with Crippen LogP contribution in [-0.4, -0.2) is 15.2 Å². The third kappa shape index (κ3) is 6.53. The summed E-state index contributed by atoms with van der Waals surface area (Å²) in [6, 6.07) is 0. The number of hydrogen-bond acceptors (Lipinski definition) is 0. The number of unbranched alkanes of at least 4 members (excludes halogenated alkanes) is 3. The van der Waals surface area contributed by atoms with Gasteiger partial charge in [-0.15, -0.1) is 5.79 Å². The quantitative estimate of drug-likeness (QED) is 0.394. The van der Waals surface area contributed by atoms with Gasteiger partial charge >= 0.3 is 0 Å². The molecule has 0 nitrogen and oxygen atoms in total. The first kappa shape index (κ1) is 8.53. The standard InChI is InChI=1S/C6H13.CH3.Al.H/c1-3-5-6-4-2;;;/h1,3-6H2,2H3;1H3;;. The van der Waals surface area contributed by atoms with Crippen LogP contribution in [0.2, 0.25) is 11.1 Å². The summed E-state index contributed by atoms with van der Waals surface area (Å²) < 4.78 is 0. The van der Waals surface area contributed by atoms with Crippen LogP contribution in [0.25, 0.3) is 0 Å². The van der Waals surface area contributed by atoms with Gasteiger partial charge in [-0.2, -0.15) is 0 Å². The maximum Gasteiger partial charge on any atom is 0.233 e. The summed E-state index contributed by atoms with van der Waals surface area (Å²) in [6.07, 6.45) is 5.83. The average Bonchev–Trinajstić information content (AvgIpc) is 1.81. The molecule has 1 heteroatoms. The van der Waals surface area contributed by atoms with E-state index < -0.39 is 0 Å². The smallest absolute Gasteiger partial charge is 0.109 e. The van der Waals surface area contributed by atoms with E-state index in [0.29, 0.717) is 15.2 Å². The van der Waals surface area contributed by atoms with Crippen LogP contribution in [0.3, 0.4) is 0 Å². The maximum atomic E-state index is 2.39. The number of hydrogen-bond donors (Lipinski definition) is 0. The fraction of sp³-hybridized carbons (Fsp3) is 1.00. The van der Waals surface area contributed by atoms with E-state index in [1.807, 2.05) is 0 Å². The largest absolute Gasteiger partial charge is 0.233 e. The second-order valence-corrected chi connectivity index (χ2v) is 4.12. The zero-order chi connectivity index (χ0) is 6.24. The minimum atomic E-state index is 0.386. The zero-order valence-corrected chi connectivity index (χ0v) is 7.66. The average molecular weight is 128 g/mol. The van der Waals surface area contributed by atoms with Crippen LogP contribution >= 0.6 is 0 Å².